The lowest BCUT2D eigenvalue weighted by atomic mass is 9.80. The highest BCUT2D eigenvalue weighted by Crippen LogP contribution is 2.40. The van der Waals surface area contributed by atoms with Crippen molar-refractivity contribution < 1.29 is 14.9 Å². The van der Waals surface area contributed by atoms with E-state index in [0.717, 1.165) is 36.0 Å². The van der Waals surface area contributed by atoms with Gasteiger partial charge in [-0.3, -0.25) is 0 Å². The normalized spacial score (nSPS) is 13.7. The van der Waals surface area contributed by atoms with Gasteiger partial charge in [0, 0.05) is 4.91 Å². The van der Waals surface area contributed by atoms with Crippen LogP contribution in [0.5, 0.6) is 0 Å². The van der Waals surface area contributed by atoms with Gasteiger partial charge in [-0.05, 0) is 28.6 Å². The first-order chi connectivity index (χ1) is 21.1. The summed E-state index contributed by atoms with van der Waals surface area (Å²) in [5, 5.41) is 25.9. The van der Waals surface area contributed by atoms with E-state index in [1.54, 1.807) is 0 Å². The molecule has 0 aliphatic carbocycles. The Hall–Kier alpha value is -3.15. The van der Waals surface area contributed by atoms with Crippen LogP contribution < -0.4 is 0 Å². The number of ether oxygens (including phenoxy) is 1. The van der Waals surface area contributed by atoms with E-state index in [4.69, 9.17) is 4.74 Å². The van der Waals surface area contributed by atoms with Crippen LogP contribution in [0.3, 0.4) is 0 Å². The van der Waals surface area contributed by atoms with Crippen molar-refractivity contribution in [2.24, 2.45) is 5.11 Å². The molecule has 0 unspecified atom stereocenters. The summed E-state index contributed by atoms with van der Waals surface area (Å²) in [6.07, 6.45) is 13.0. The Labute approximate surface area is 258 Å². The molecule has 0 saturated carbocycles. The number of rotatable bonds is 22. The molecule has 0 heterocycles. The van der Waals surface area contributed by atoms with Crippen LogP contribution in [-0.4, -0.2) is 35.1 Å². The number of aliphatic hydroxyl groups excluding tert-OH is 2. The van der Waals surface area contributed by atoms with Crippen LogP contribution >= 0.6 is 0 Å². The molecule has 6 nitrogen and oxygen atoms in total. The number of aliphatic hydroxyl groups is 2. The van der Waals surface area contributed by atoms with E-state index >= 15 is 0 Å². The predicted molar refractivity (Wildman–Crippen MR) is 176 cm³/mol. The maximum atomic E-state index is 11.1. The number of azide groups is 1. The molecule has 0 saturated heterocycles. The Morgan fingerprint density at radius 3 is 1.44 bits per heavy atom. The van der Waals surface area contributed by atoms with Crippen molar-refractivity contribution in [2.45, 2.75) is 114 Å². The molecule has 0 aromatic heterocycles. The maximum Gasteiger partial charge on any atom is 0.143 e. The smallest absolute Gasteiger partial charge is 0.143 e. The molecule has 0 radical (unpaired) electrons. The van der Waals surface area contributed by atoms with Crippen molar-refractivity contribution in [2.75, 3.05) is 6.61 Å². The second-order valence-electron chi connectivity index (χ2n) is 11.6. The Balaban J connectivity index is 1.60. The monoisotopic (exact) mass is 585 g/mol. The molecule has 3 aromatic carbocycles. The number of hydrogen-bond acceptors (Lipinski definition) is 4. The van der Waals surface area contributed by atoms with Crippen LogP contribution in [0.4, 0.5) is 0 Å². The minimum absolute atomic E-state index is 0.0700. The molecule has 0 aliphatic heterocycles. The molecule has 3 rings (SSSR count). The third-order valence-corrected chi connectivity index (χ3v) is 8.35. The zero-order valence-electron chi connectivity index (χ0n) is 25.9. The molecule has 6 heteroatoms. The van der Waals surface area contributed by atoms with Gasteiger partial charge in [0.2, 0.25) is 0 Å². The SMILES string of the molecule is CCCCCCCCCCCCCC[C@@H](O)[C@@H](O)[C@H](COC(c1ccccc1)(c1ccccc1)c1ccccc1)N=[N+]=[N-]. The summed E-state index contributed by atoms with van der Waals surface area (Å²) in [5.74, 6) is 0. The van der Waals surface area contributed by atoms with Gasteiger partial charge in [0.05, 0.1) is 24.9 Å². The molecule has 0 fully saturated rings. The van der Waals surface area contributed by atoms with E-state index in [2.05, 4.69) is 16.9 Å². The summed E-state index contributed by atoms with van der Waals surface area (Å²) in [5.41, 5.74) is 11.1. The van der Waals surface area contributed by atoms with Crippen LogP contribution in [0.25, 0.3) is 10.4 Å². The summed E-state index contributed by atoms with van der Waals surface area (Å²) in [7, 11) is 0. The first kappa shape index (κ1) is 34.3. The molecule has 0 aliphatic rings. The van der Waals surface area contributed by atoms with E-state index in [-0.39, 0.29) is 6.61 Å². The Bertz CT molecular complexity index is 1070. The lowest BCUT2D eigenvalue weighted by molar-refractivity contribution is -0.0500. The molecular weight excluding hydrogens is 534 g/mol. The van der Waals surface area contributed by atoms with Crippen molar-refractivity contribution in [1.29, 1.82) is 0 Å². The van der Waals surface area contributed by atoms with Crippen LogP contribution in [0, 0.1) is 0 Å². The van der Waals surface area contributed by atoms with Gasteiger partial charge in [-0.1, -0.05) is 180 Å². The second kappa shape index (κ2) is 19.9. The minimum Gasteiger partial charge on any atom is -0.390 e. The predicted octanol–water partition coefficient (Wildman–Crippen LogP) is 9.49. The fraction of sp³-hybridized carbons (Fsp3) is 0.514. The zero-order chi connectivity index (χ0) is 30.6. The van der Waals surface area contributed by atoms with Crippen LogP contribution in [0.2, 0.25) is 0 Å². The summed E-state index contributed by atoms with van der Waals surface area (Å²) < 4.78 is 6.76. The lowest BCUT2D eigenvalue weighted by Gasteiger charge is -2.37. The van der Waals surface area contributed by atoms with Crippen LogP contribution in [-0.2, 0) is 10.3 Å². The lowest BCUT2D eigenvalue weighted by Crippen LogP contribution is -2.42. The molecular formula is C37H51N3O3. The number of benzene rings is 3. The van der Waals surface area contributed by atoms with E-state index in [1.807, 2.05) is 91.0 Å². The summed E-state index contributed by atoms with van der Waals surface area (Å²) >= 11 is 0. The van der Waals surface area contributed by atoms with Crippen molar-refractivity contribution in [3.63, 3.8) is 0 Å². The third kappa shape index (κ3) is 10.8. The molecule has 0 spiro atoms. The number of unbranched alkanes of at least 4 members (excludes halogenated alkanes) is 11. The fourth-order valence-electron chi connectivity index (χ4n) is 5.87. The molecule has 0 amide bonds. The quantitative estimate of drug-likeness (QED) is 0.0404. The van der Waals surface area contributed by atoms with E-state index in [1.165, 1.54) is 57.8 Å². The fourth-order valence-corrected chi connectivity index (χ4v) is 5.87. The molecule has 3 atom stereocenters. The topological polar surface area (TPSA) is 98.5 Å². The maximum absolute atomic E-state index is 11.1. The second-order valence-corrected chi connectivity index (χ2v) is 11.6. The first-order valence-corrected chi connectivity index (χ1v) is 16.3. The van der Waals surface area contributed by atoms with Gasteiger partial charge in [-0.2, -0.15) is 0 Å². The minimum atomic E-state index is -1.23. The van der Waals surface area contributed by atoms with Crippen LogP contribution in [0.15, 0.2) is 96.1 Å². The van der Waals surface area contributed by atoms with Crippen molar-refractivity contribution in [3.8, 4) is 0 Å². The standard InChI is InChI=1S/C37H51N3O3/c1-2-3-4-5-6-7-8-9-10-11-12-22-29-35(41)36(42)34(39-40-38)30-43-37(31-23-16-13-17-24-31,32-25-18-14-19-26-32)33-27-20-15-21-28-33/h13-21,23-28,34-36,41-42H,2-12,22,29-30H2,1H3/t34-,35+,36-/m0/s1. The first-order valence-electron chi connectivity index (χ1n) is 16.3. The molecule has 3 aromatic rings. The van der Waals surface area contributed by atoms with Gasteiger partial charge >= 0.3 is 0 Å². The average molecular weight is 586 g/mol. The van der Waals surface area contributed by atoms with E-state index in [0.29, 0.717) is 6.42 Å². The Morgan fingerprint density at radius 1 is 0.651 bits per heavy atom. The van der Waals surface area contributed by atoms with Gasteiger partial charge in [0.1, 0.15) is 5.60 Å². The Morgan fingerprint density at radius 2 is 1.05 bits per heavy atom. The van der Waals surface area contributed by atoms with Crippen molar-refractivity contribution >= 4 is 0 Å². The van der Waals surface area contributed by atoms with E-state index < -0.39 is 23.9 Å². The number of hydrogen-bond donors (Lipinski definition) is 2. The largest absolute Gasteiger partial charge is 0.390 e. The highest BCUT2D eigenvalue weighted by atomic mass is 16.5. The Kier molecular flexibility index (Phi) is 15.9. The van der Waals surface area contributed by atoms with Gasteiger partial charge in [0.25, 0.3) is 0 Å². The van der Waals surface area contributed by atoms with Gasteiger partial charge in [-0.25, -0.2) is 0 Å². The van der Waals surface area contributed by atoms with Gasteiger partial charge in [0.15, 0.2) is 0 Å². The van der Waals surface area contributed by atoms with Crippen molar-refractivity contribution in [1.82, 2.24) is 0 Å². The third-order valence-electron chi connectivity index (χ3n) is 8.35. The summed E-state index contributed by atoms with van der Waals surface area (Å²) in [6, 6.07) is 28.8. The molecule has 232 valence electrons. The average Bonchev–Trinajstić information content (AvgIpc) is 3.06. The number of nitrogens with zero attached hydrogens (tertiary/aromatic N) is 3. The van der Waals surface area contributed by atoms with Crippen LogP contribution in [0.1, 0.15) is 107 Å². The van der Waals surface area contributed by atoms with E-state index in [9.17, 15) is 15.7 Å². The molecule has 2 N–H and O–H groups in total. The van der Waals surface area contributed by atoms with Gasteiger partial charge < -0.3 is 14.9 Å². The molecule has 43 heavy (non-hydrogen) atoms. The highest BCUT2D eigenvalue weighted by Gasteiger charge is 2.39. The molecule has 0 bridgehead atoms. The zero-order valence-corrected chi connectivity index (χ0v) is 25.9. The van der Waals surface area contributed by atoms with Crippen molar-refractivity contribution in [3.05, 3.63) is 118 Å². The summed E-state index contributed by atoms with van der Waals surface area (Å²) in [6.45, 7) is 2.18. The highest BCUT2D eigenvalue weighted by molar-refractivity contribution is 5.47. The van der Waals surface area contributed by atoms with Gasteiger partial charge in [-0.15, -0.1) is 0 Å². The summed E-state index contributed by atoms with van der Waals surface area (Å²) in [4.78, 5) is 3.00.